The van der Waals surface area contributed by atoms with Gasteiger partial charge in [-0.25, -0.2) is 13.2 Å². The van der Waals surface area contributed by atoms with Crippen LogP contribution in [0.15, 0.2) is 4.90 Å². The number of sulfonamides is 1. The molecule has 0 bridgehead atoms. The molecule has 0 unspecified atom stereocenters. The molecule has 19 heavy (non-hydrogen) atoms. The van der Waals surface area contributed by atoms with E-state index in [9.17, 15) is 13.2 Å². The van der Waals surface area contributed by atoms with Crippen LogP contribution in [0.2, 0.25) is 0 Å². The number of aromatic nitrogens is 1. The molecular weight excluding hydrogens is 268 g/mol. The van der Waals surface area contributed by atoms with Gasteiger partial charge in [0.25, 0.3) is 0 Å². The highest BCUT2D eigenvalue weighted by Crippen LogP contribution is 2.27. The molecular formula is C12H20N2O4S. The fourth-order valence-electron chi connectivity index (χ4n) is 2.26. The fourth-order valence-corrected chi connectivity index (χ4v) is 4.32. The third-order valence-electron chi connectivity index (χ3n) is 3.04. The van der Waals surface area contributed by atoms with E-state index < -0.39 is 16.0 Å². The summed E-state index contributed by atoms with van der Waals surface area (Å²) in [5, 5.41) is 9.03. The minimum absolute atomic E-state index is 0.0699. The average molecular weight is 288 g/mol. The molecule has 1 rings (SSSR count). The Morgan fingerprint density at radius 1 is 1.37 bits per heavy atom. The van der Waals surface area contributed by atoms with Crippen LogP contribution in [0.25, 0.3) is 0 Å². The molecule has 0 aliphatic rings. The first-order valence-electron chi connectivity index (χ1n) is 6.08. The van der Waals surface area contributed by atoms with Gasteiger partial charge in [0.15, 0.2) is 0 Å². The molecule has 0 aliphatic carbocycles. The van der Waals surface area contributed by atoms with Crippen LogP contribution in [0.4, 0.5) is 0 Å². The number of carboxylic acids is 1. The molecule has 0 amide bonds. The van der Waals surface area contributed by atoms with E-state index in [0.29, 0.717) is 12.2 Å². The maximum Gasteiger partial charge on any atom is 0.352 e. The molecule has 0 radical (unpaired) electrons. The smallest absolute Gasteiger partial charge is 0.352 e. The summed E-state index contributed by atoms with van der Waals surface area (Å²) in [5.41, 5.74) is 0.536. The first-order valence-corrected chi connectivity index (χ1v) is 7.52. The zero-order chi connectivity index (χ0) is 15.0. The number of nitrogens with one attached hydrogen (secondary N) is 1. The van der Waals surface area contributed by atoms with Crippen LogP contribution in [0.1, 0.15) is 42.5 Å². The topological polar surface area (TPSA) is 90.5 Å². The summed E-state index contributed by atoms with van der Waals surface area (Å²) < 4.78 is 26.5. The van der Waals surface area contributed by atoms with Gasteiger partial charge >= 0.3 is 5.97 Å². The number of carbonyl (C=O) groups is 1. The van der Waals surface area contributed by atoms with Crippen molar-refractivity contribution < 1.29 is 18.3 Å². The van der Waals surface area contributed by atoms with Crippen molar-refractivity contribution >= 4 is 16.0 Å². The molecule has 0 spiro atoms. The summed E-state index contributed by atoms with van der Waals surface area (Å²) in [6.07, 6.45) is 0. The second-order valence-electron chi connectivity index (χ2n) is 4.69. The van der Waals surface area contributed by atoms with Gasteiger partial charge in [-0.1, -0.05) is 6.92 Å². The number of nitrogens with zero attached hydrogens (tertiary/aromatic N) is 1. The Hall–Kier alpha value is -1.34. The Bertz CT molecular complexity index is 587. The van der Waals surface area contributed by atoms with E-state index in [0.717, 1.165) is 0 Å². The first kappa shape index (κ1) is 15.7. The number of aryl methyl sites for hydroxylation is 1. The molecule has 108 valence electrons. The molecule has 1 aromatic rings. The van der Waals surface area contributed by atoms with E-state index in [1.807, 2.05) is 0 Å². The third kappa shape index (κ3) is 2.66. The first-order chi connectivity index (χ1) is 8.64. The molecule has 6 nitrogen and oxygen atoms in total. The summed E-state index contributed by atoms with van der Waals surface area (Å²) in [6, 6.07) is -0.183. The van der Waals surface area contributed by atoms with Crippen molar-refractivity contribution in [1.82, 2.24) is 9.29 Å². The molecule has 0 fully saturated rings. The van der Waals surface area contributed by atoms with E-state index >= 15 is 0 Å². The molecule has 1 heterocycles. The normalized spacial score (nSPS) is 12.4. The highest BCUT2D eigenvalue weighted by atomic mass is 32.2. The standard InChI is InChI=1S/C12H20N2O4S/c1-6-14(7(2)3)19(17,18)11-8(4)10(12(15)16)13-9(11)5/h7,13H,6H2,1-5H3,(H,15,16). The minimum Gasteiger partial charge on any atom is -0.477 e. The molecule has 2 N–H and O–H groups in total. The molecule has 0 aliphatic heterocycles. The van der Waals surface area contributed by atoms with Crippen molar-refractivity contribution in [3.63, 3.8) is 0 Å². The van der Waals surface area contributed by atoms with Crippen molar-refractivity contribution in [3.05, 3.63) is 17.0 Å². The summed E-state index contributed by atoms with van der Waals surface area (Å²) in [7, 11) is -3.69. The van der Waals surface area contributed by atoms with Crippen LogP contribution in [0.5, 0.6) is 0 Å². The molecule has 0 aromatic carbocycles. The number of carboxylic acid groups (broad SMARTS) is 1. The Kier molecular flexibility index (Phi) is 4.42. The van der Waals surface area contributed by atoms with Crippen molar-refractivity contribution in [2.75, 3.05) is 6.54 Å². The van der Waals surface area contributed by atoms with E-state index in [1.54, 1.807) is 27.7 Å². The van der Waals surface area contributed by atoms with E-state index in [2.05, 4.69) is 4.98 Å². The molecule has 0 atom stereocenters. The quantitative estimate of drug-likeness (QED) is 0.863. The lowest BCUT2D eigenvalue weighted by atomic mass is 10.2. The van der Waals surface area contributed by atoms with Crippen LogP contribution in [0, 0.1) is 13.8 Å². The van der Waals surface area contributed by atoms with E-state index in [-0.39, 0.29) is 22.2 Å². The predicted molar refractivity (Wildman–Crippen MR) is 71.9 cm³/mol. The van der Waals surface area contributed by atoms with Gasteiger partial charge < -0.3 is 10.1 Å². The van der Waals surface area contributed by atoms with Crippen LogP contribution >= 0.6 is 0 Å². The largest absolute Gasteiger partial charge is 0.477 e. The predicted octanol–water partition coefficient (Wildman–Crippen LogP) is 1.75. The van der Waals surface area contributed by atoms with Gasteiger partial charge in [-0.05, 0) is 27.7 Å². The molecule has 0 saturated heterocycles. The highest BCUT2D eigenvalue weighted by Gasteiger charge is 2.32. The van der Waals surface area contributed by atoms with Crippen LogP contribution in [0.3, 0.4) is 0 Å². The molecule has 1 aromatic heterocycles. The Labute approximate surface area is 113 Å². The van der Waals surface area contributed by atoms with Gasteiger partial charge in [-0.2, -0.15) is 4.31 Å². The Balaban J connectivity index is 3.50. The third-order valence-corrected chi connectivity index (χ3v) is 5.46. The van der Waals surface area contributed by atoms with Crippen molar-refractivity contribution in [3.8, 4) is 0 Å². The highest BCUT2D eigenvalue weighted by molar-refractivity contribution is 7.89. The van der Waals surface area contributed by atoms with Gasteiger partial charge in [0.2, 0.25) is 10.0 Å². The molecule has 7 heteroatoms. The van der Waals surface area contributed by atoms with Crippen molar-refractivity contribution in [2.24, 2.45) is 0 Å². The summed E-state index contributed by atoms with van der Waals surface area (Å²) >= 11 is 0. The summed E-state index contributed by atoms with van der Waals surface area (Å²) in [5.74, 6) is -1.16. The van der Waals surface area contributed by atoms with Crippen LogP contribution in [-0.4, -0.2) is 41.4 Å². The van der Waals surface area contributed by atoms with Crippen LogP contribution in [-0.2, 0) is 10.0 Å². The lowest BCUT2D eigenvalue weighted by Crippen LogP contribution is -2.37. The SMILES string of the molecule is CCN(C(C)C)S(=O)(=O)c1c(C)[nH]c(C(=O)O)c1C. The fraction of sp³-hybridized carbons (Fsp3) is 0.583. The number of aromatic amines is 1. The van der Waals surface area contributed by atoms with Gasteiger partial charge in [-0.3, -0.25) is 0 Å². The average Bonchev–Trinajstić information content (AvgIpc) is 2.54. The van der Waals surface area contributed by atoms with Crippen molar-refractivity contribution in [1.29, 1.82) is 0 Å². The van der Waals surface area contributed by atoms with Gasteiger partial charge in [0.05, 0.1) is 0 Å². The van der Waals surface area contributed by atoms with E-state index in [4.69, 9.17) is 5.11 Å². The van der Waals surface area contributed by atoms with E-state index in [1.165, 1.54) is 11.2 Å². The summed E-state index contributed by atoms with van der Waals surface area (Å²) in [4.78, 5) is 13.7. The van der Waals surface area contributed by atoms with Crippen molar-refractivity contribution in [2.45, 2.75) is 45.6 Å². The van der Waals surface area contributed by atoms with Gasteiger partial charge in [0, 0.05) is 23.8 Å². The number of H-pyrrole nitrogens is 1. The monoisotopic (exact) mass is 288 g/mol. The minimum atomic E-state index is -3.69. The Morgan fingerprint density at radius 3 is 2.21 bits per heavy atom. The number of aromatic carboxylic acids is 1. The Morgan fingerprint density at radius 2 is 1.89 bits per heavy atom. The van der Waals surface area contributed by atoms with Gasteiger partial charge in [-0.15, -0.1) is 0 Å². The molecule has 0 saturated carbocycles. The second kappa shape index (κ2) is 5.34. The zero-order valence-electron chi connectivity index (χ0n) is 11.8. The number of rotatable bonds is 5. The second-order valence-corrected chi connectivity index (χ2v) is 6.51. The maximum atomic E-state index is 12.6. The number of hydrogen-bond donors (Lipinski definition) is 2. The lowest BCUT2D eigenvalue weighted by Gasteiger charge is -2.24. The zero-order valence-corrected chi connectivity index (χ0v) is 12.6. The van der Waals surface area contributed by atoms with Gasteiger partial charge in [0.1, 0.15) is 10.6 Å². The lowest BCUT2D eigenvalue weighted by molar-refractivity contribution is 0.0690. The summed E-state index contributed by atoms with van der Waals surface area (Å²) in [6.45, 7) is 8.75. The maximum absolute atomic E-state index is 12.6. The number of hydrogen-bond acceptors (Lipinski definition) is 3. The van der Waals surface area contributed by atoms with Crippen LogP contribution < -0.4 is 0 Å².